The van der Waals surface area contributed by atoms with E-state index in [1.807, 2.05) is 12.3 Å². The lowest BCUT2D eigenvalue weighted by Gasteiger charge is -2.04. The second kappa shape index (κ2) is 5.48. The Morgan fingerprint density at radius 3 is 2.71 bits per heavy atom. The number of nitrogens with zero attached hydrogens (tertiary/aromatic N) is 5. The van der Waals surface area contributed by atoms with Crippen molar-refractivity contribution in [3.63, 3.8) is 0 Å². The zero-order chi connectivity index (χ0) is 16.7. The van der Waals surface area contributed by atoms with Gasteiger partial charge in [-0.05, 0) is 23.8 Å². The predicted octanol–water partition coefficient (Wildman–Crippen LogP) is 3.36. The van der Waals surface area contributed by atoms with E-state index < -0.39 is 6.43 Å². The number of rotatable bonds is 3. The molecule has 0 amide bonds. The van der Waals surface area contributed by atoms with Gasteiger partial charge >= 0.3 is 0 Å². The van der Waals surface area contributed by atoms with Crippen molar-refractivity contribution in [1.82, 2.24) is 29.9 Å². The SMILES string of the molecule is Cn1cc(-c2ccnc3[nH]ncc23)c(-c2ccc(C(F)F)cn2)n1. The van der Waals surface area contributed by atoms with E-state index >= 15 is 0 Å². The summed E-state index contributed by atoms with van der Waals surface area (Å²) in [6, 6.07) is 4.79. The standard InChI is InChI=1S/C16H12F2N6/c1-24-8-12(10-4-5-19-16-11(10)7-21-22-16)14(23-24)13-3-2-9(6-20-13)15(17)18/h2-8,15H,1H3,(H,19,21,22). The van der Waals surface area contributed by atoms with Gasteiger partial charge in [0, 0.05) is 42.2 Å². The van der Waals surface area contributed by atoms with Crippen LogP contribution in [0.15, 0.2) is 43.0 Å². The average molecular weight is 326 g/mol. The number of pyridine rings is 2. The van der Waals surface area contributed by atoms with E-state index in [9.17, 15) is 8.78 Å². The van der Waals surface area contributed by atoms with Crippen LogP contribution in [0, 0.1) is 0 Å². The van der Waals surface area contributed by atoms with Crippen LogP contribution in [0.25, 0.3) is 33.5 Å². The lowest BCUT2D eigenvalue weighted by molar-refractivity contribution is 0.151. The van der Waals surface area contributed by atoms with Crippen molar-refractivity contribution < 1.29 is 8.78 Å². The number of aryl methyl sites for hydroxylation is 1. The van der Waals surface area contributed by atoms with E-state index in [0.29, 0.717) is 17.0 Å². The molecule has 0 bridgehead atoms. The number of hydrogen-bond donors (Lipinski definition) is 1. The van der Waals surface area contributed by atoms with Gasteiger partial charge in [0.05, 0.1) is 11.9 Å². The summed E-state index contributed by atoms with van der Waals surface area (Å²) >= 11 is 0. The molecule has 0 fully saturated rings. The molecule has 0 aromatic carbocycles. The third-order valence-corrected chi connectivity index (χ3v) is 3.75. The summed E-state index contributed by atoms with van der Waals surface area (Å²) in [6.45, 7) is 0. The monoisotopic (exact) mass is 326 g/mol. The van der Waals surface area contributed by atoms with Crippen LogP contribution >= 0.6 is 0 Å². The quantitative estimate of drug-likeness (QED) is 0.626. The lowest BCUT2D eigenvalue weighted by Crippen LogP contribution is -1.92. The highest BCUT2D eigenvalue weighted by Crippen LogP contribution is 2.33. The van der Waals surface area contributed by atoms with Crippen LogP contribution in [0.2, 0.25) is 0 Å². The van der Waals surface area contributed by atoms with Gasteiger partial charge in [-0.15, -0.1) is 0 Å². The molecule has 0 aliphatic rings. The first-order chi connectivity index (χ1) is 11.6. The van der Waals surface area contributed by atoms with Crippen molar-refractivity contribution in [2.75, 3.05) is 0 Å². The number of halogens is 2. The van der Waals surface area contributed by atoms with Gasteiger partial charge in [-0.25, -0.2) is 13.8 Å². The van der Waals surface area contributed by atoms with Gasteiger partial charge < -0.3 is 0 Å². The number of hydrogen-bond acceptors (Lipinski definition) is 4. The van der Waals surface area contributed by atoms with Crippen molar-refractivity contribution in [2.24, 2.45) is 7.05 Å². The van der Waals surface area contributed by atoms with Crippen molar-refractivity contribution in [2.45, 2.75) is 6.43 Å². The molecule has 4 aromatic heterocycles. The first-order valence-corrected chi connectivity index (χ1v) is 7.20. The van der Waals surface area contributed by atoms with Gasteiger partial charge in [-0.3, -0.25) is 14.8 Å². The fourth-order valence-electron chi connectivity index (χ4n) is 2.64. The van der Waals surface area contributed by atoms with E-state index in [1.165, 1.54) is 12.3 Å². The lowest BCUT2D eigenvalue weighted by atomic mass is 10.0. The smallest absolute Gasteiger partial charge is 0.265 e. The molecule has 8 heteroatoms. The fraction of sp³-hybridized carbons (Fsp3) is 0.125. The van der Waals surface area contributed by atoms with Crippen LogP contribution in [0.5, 0.6) is 0 Å². The summed E-state index contributed by atoms with van der Waals surface area (Å²) < 4.78 is 27.1. The van der Waals surface area contributed by atoms with E-state index in [-0.39, 0.29) is 5.56 Å². The van der Waals surface area contributed by atoms with Gasteiger partial charge in [0.15, 0.2) is 5.65 Å². The Bertz CT molecular complexity index is 1000. The average Bonchev–Trinajstić information content (AvgIpc) is 3.21. The normalized spacial score (nSPS) is 11.5. The maximum atomic E-state index is 12.7. The summed E-state index contributed by atoms with van der Waals surface area (Å²) in [6.07, 6.45) is 3.88. The first-order valence-electron chi connectivity index (χ1n) is 7.20. The highest BCUT2D eigenvalue weighted by Gasteiger charge is 2.17. The van der Waals surface area contributed by atoms with Crippen LogP contribution in [0.4, 0.5) is 8.78 Å². The molecular weight excluding hydrogens is 314 g/mol. The summed E-state index contributed by atoms with van der Waals surface area (Å²) in [5, 5.41) is 12.1. The molecule has 4 aromatic rings. The Morgan fingerprint density at radius 1 is 1.08 bits per heavy atom. The number of nitrogens with one attached hydrogen (secondary N) is 1. The zero-order valence-corrected chi connectivity index (χ0v) is 12.6. The molecule has 0 saturated carbocycles. The number of fused-ring (bicyclic) bond motifs is 1. The minimum Gasteiger partial charge on any atom is -0.274 e. The number of H-pyrrole nitrogens is 1. The minimum absolute atomic E-state index is 0.114. The maximum Gasteiger partial charge on any atom is 0.265 e. The Labute approximate surface area is 135 Å². The predicted molar refractivity (Wildman–Crippen MR) is 84.3 cm³/mol. The Hall–Kier alpha value is -3.16. The molecule has 0 unspecified atom stereocenters. The van der Waals surface area contributed by atoms with Crippen molar-refractivity contribution >= 4 is 11.0 Å². The molecule has 120 valence electrons. The third-order valence-electron chi connectivity index (χ3n) is 3.75. The van der Waals surface area contributed by atoms with Crippen LogP contribution in [-0.4, -0.2) is 29.9 Å². The Kier molecular flexibility index (Phi) is 3.30. The van der Waals surface area contributed by atoms with Crippen molar-refractivity contribution in [3.8, 4) is 22.5 Å². The molecule has 0 atom stereocenters. The van der Waals surface area contributed by atoms with Gasteiger partial charge in [-0.1, -0.05) is 0 Å². The molecular formula is C16H12F2N6. The molecule has 0 saturated heterocycles. The Morgan fingerprint density at radius 2 is 1.96 bits per heavy atom. The van der Waals surface area contributed by atoms with Crippen LogP contribution in [0.3, 0.4) is 0 Å². The molecule has 6 nitrogen and oxygen atoms in total. The van der Waals surface area contributed by atoms with Gasteiger partial charge in [0.2, 0.25) is 0 Å². The van der Waals surface area contributed by atoms with E-state index in [2.05, 4.69) is 25.3 Å². The van der Waals surface area contributed by atoms with Gasteiger partial charge in [-0.2, -0.15) is 10.2 Å². The number of alkyl halides is 2. The maximum absolute atomic E-state index is 12.7. The van der Waals surface area contributed by atoms with E-state index in [1.54, 1.807) is 30.2 Å². The molecule has 4 heterocycles. The fourth-order valence-corrected chi connectivity index (χ4v) is 2.64. The summed E-state index contributed by atoms with van der Waals surface area (Å²) in [5.41, 5.74) is 3.44. The highest BCUT2D eigenvalue weighted by molar-refractivity contribution is 5.95. The second-order valence-electron chi connectivity index (χ2n) is 5.33. The van der Waals surface area contributed by atoms with Crippen LogP contribution in [0.1, 0.15) is 12.0 Å². The van der Waals surface area contributed by atoms with Crippen molar-refractivity contribution in [3.05, 3.63) is 48.5 Å². The van der Waals surface area contributed by atoms with E-state index in [4.69, 9.17) is 0 Å². The second-order valence-corrected chi connectivity index (χ2v) is 5.33. The summed E-state index contributed by atoms with van der Waals surface area (Å²) in [5.74, 6) is 0. The molecule has 4 rings (SSSR count). The minimum atomic E-state index is -2.54. The first kappa shape index (κ1) is 14.4. The number of aromatic amines is 1. The highest BCUT2D eigenvalue weighted by atomic mass is 19.3. The zero-order valence-electron chi connectivity index (χ0n) is 12.6. The van der Waals surface area contributed by atoms with Crippen molar-refractivity contribution in [1.29, 1.82) is 0 Å². The van der Waals surface area contributed by atoms with E-state index in [0.717, 1.165) is 16.5 Å². The van der Waals surface area contributed by atoms with Gasteiger partial charge in [0.1, 0.15) is 5.69 Å². The van der Waals surface area contributed by atoms with Gasteiger partial charge in [0.25, 0.3) is 6.43 Å². The topological polar surface area (TPSA) is 72.3 Å². The molecule has 0 spiro atoms. The Balaban J connectivity index is 1.88. The molecule has 0 aliphatic heterocycles. The van der Waals surface area contributed by atoms with Crippen LogP contribution < -0.4 is 0 Å². The molecule has 0 radical (unpaired) electrons. The summed E-state index contributed by atoms with van der Waals surface area (Å²) in [7, 11) is 1.80. The molecule has 1 N–H and O–H groups in total. The number of aromatic nitrogens is 6. The van der Waals surface area contributed by atoms with Crippen LogP contribution in [-0.2, 0) is 7.05 Å². The summed E-state index contributed by atoms with van der Waals surface area (Å²) in [4.78, 5) is 8.37. The molecule has 0 aliphatic carbocycles. The third kappa shape index (κ3) is 2.32. The molecule has 24 heavy (non-hydrogen) atoms. The largest absolute Gasteiger partial charge is 0.274 e.